The summed E-state index contributed by atoms with van der Waals surface area (Å²) in [6, 6.07) is 12.6. The van der Waals surface area contributed by atoms with Crippen LogP contribution in [0.3, 0.4) is 0 Å². The lowest BCUT2D eigenvalue weighted by Crippen LogP contribution is -2.44. The van der Waals surface area contributed by atoms with Crippen LogP contribution < -0.4 is 9.62 Å². The van der Waals surface area contributed by atoms with Gasteiger partial charge >= 0.3 is 0 Å². The molecule has 2 aromatic carbocycles. The molecule has 0 amide bonds. The summed E-state index contributed by atoms with van der Waals surface area (Å²) in [5.74, 6) is 0. The first-order valence-corrected chi connectivity index (χ1v) is 10.5. The van der Waals surface area contributed by atoms with Gasteiger partial charge in [0.1, 0.15) is 0 Å². The van der Waals surface area contributed by atoms with E-state index < -0.39 is 10.0 Å². The van der Waals surface area contributed by atoms with Gasteiger partial charge in [-0.25, -0.2) is 8.42 Å². The van der Waals surface area contributed by atoms with Crippen LogP contribution in [0.25, 0.3) is 0 Å². The predicted molar refractivity (Wildman–Crippen MR) is 109 cm³/mol. The van der Waals surface area contributed by atoms with Crippen LogP contribution in [-0.4, -0.2) is 53.7 Å². The van der Waals surface area contributed by atoms with E-state index in [0.717, 1.165) is 43.0 Å². The van der Waals surface area contributed by atoms with E-state index in [1.165, 1.54) is 0 Å². The van der Waals surface area contributed by atoms with Gasteiger partial charge in [-0.05, 0) is 49.4 Å². The summed E-state index contributed by atoms with van der Waals surface area (Å²) in [7, 11) is 0.0564. The Hall–Kier alpha value is -2.09. The zero-order valence-corrected chi connectivity index (χ0v) is 16.9. The first-order valence-electron chi connectivity index (χ1n) is 9.04. The average Bonchev–Trinajstić information content (AvgIpc) is 2.63. The molecule has 0 spiro atoms. The SMILES string of the molecule is COCc1cccc(NS(=O)(=O)c2ccc(C)c(N3CCN(C)CC3)c2)c1. The lowest BCUT2D eigenvalue weighted by atomic mass is 10.1. The molecule has 27 heavy (non-hydrogen) atoms. The number of aryl methyl sites for hydroxylation is 1. The lowest BCUT2D eigenvalue weighted by molar-refractivity contribution is 0.185. The van der Waals surface area contributed by atoms with Crippen molar-refractivity contribution in [2.24, 2.45) is 0 Å². The van der Waals surface area contributed by atoms with Gasteiger partial charge in [0.05, 0.1) is 11.5 Å². The molecule has 0 aliphatic carbocycles. The molecule has 0 saturated carbocycles. The number of methoxy groups -OCH3 is 1. The largest absolute Gasteiger partial charge is 0.380 e. The number of sulfonamides is 1. The second-order valence-corrected chi connectivity index (χ2v) is 8.66. The Morgan fingerprint density at radius 2 is 1.81 bits per heavy atom. The fourth-order valence-corrected chi connectivity index (χ4v) is 4.32. The highest BCUT2D eigenvalue weighted by atomic mass is 32.2. The van der Waals surface area contributed by atoms with Gasteiger partial charge in [0.25, 0.3) is 10.0 Å². The number of anilines is 2. The van der Waals surface area contributed by atoms with Crippen molar-refractivity contribution >= 4 is 21.4 Å². The first kappa shape index (κ1) is 19.7. The Morgan fingerprint density at radius 1 is 1.07 bits per heavy atom. The molecule has 7 heteroatoms. The molecule has 0 atom stereocenters. The van der Waals surface area contributed by atoms with Gasteiger partial charge < -0.3 is 14.5 Å². The number of ether oxygens (including phenoxy) is 1. The van der Waals surface area contributed by atoms with Crippen molar-refractivity contribution in [2.45, 2.75) is 18.4 Å². The molecule has 1 aliphatic heterocycles. The van der Waals surface area contributed by atoms with Gasteiger partial charge in [-0.3, -0.25) is 4.72 Å². The third kappa shape index (κ3) is 4.80. The molecule has 1 N–H and O–H groups in total. The Labute approximate surface area is 161 Å². The predicted octanol–water partition coefficient (Wildman–Crippen LogP) is 2.69. The van der Waals surface area contributed by atoms with E-state index in [2.05, 4.69) is 21.6 Å². The highest BCUT2D eigenvalue weighted by Gasteiger charge is 2.20. The Morgan fingerprint density at radius 3 is 2.52 bits per heavy atom. The van der Waals surface area contributed by atoms with Crippen LogP contribution in [0, 0.1) is 6.92 Å². The van der Waals surface area contributed by atoms with E-state index in [0.29, 0.717) is 12.3 Å². The number of likely N-dealkylation sites (N-methyl/N-ethyl adjacent to an activating group) is 1. The van der Waals surface area contributed by atoms with Crippen molar-refractivity contribution in [3.05, 3.63) is 53.6 Å². The van der Waals surface area contributed by atoms with E-state index in [1.807, 2.05) is 25.1 Å². The highest BCUT2D eigenvalue weighted by molar-refractivity contribution is 7.92. The van der Waals surface area contributed by atoms with E-state index in [4.69, 9.17) is 4.74 Å². The van der Waals surface area contributed by atoms with E-state index in [9.17, 15) is 8.42 Å². The molecule has 146 valence electrons. The van der Waals surface area contributed by atoms with Crippen LogP contribution in [0.15, 0.2) is 47.4 Å². The molecule has 1 heterocycles. The summed E-state index contributed by atoms with van der Waals surface area (Å²) in [4.78, 5) is 4.81. The second-order valence-electron chi connectivity index (χ2n) is 6.98. The molecule has 3 rings (SSSR count). The quantitative estimate of drug-likeness (QED) is 0.823. The summed E-state index contributed by atoms with van der Waals surface area (Å²) >= 11 is 0. The molecule has 0 radical (unpaired) electrons. The third-order valence-corrected chi connectivity index (χ3v) is 6.20. The van der Waals surface area contributed by atoms with Gasteiger partial charge in [-0.2, -0.15) is 0 Å². The zero-order valence-electron chi connectivity index (χ0n) is 16.1. The number of nitrogens with zero attached hydrogens (tertiary/aromatic N) is 2. The molecule has 1 fully saturated rings. The van der Waals surface area contributed by atoms with Gasteiger partial charge in [0, 0.05) is 44.7 Å². The van der Waals surface area contributed by atoms with Crippen molar-refractivity contribution in [2.75, 3.05) is 50.0 Å². The highest BCUT2D eigenvalue weighted by Crippen LogP contribution is 2.26. The molecular formula is C20H27N3O3S. The van der Waals surface area contributed by atoms with Gasteiger partial charge in [0.2, 0.25) is 0 Å². The van der Waals surface area contributed by atoms with Gasteiger partial charge in [-0.15, -0.1) is 0 Å². The maximum Gasteiger partial charge on any atom is 0.261 e. The molecular weight excluding hydrogens is 362 g/mol. The van der Waals surface area contributed by atoms with Crippen LogP contribution in [0.2, 0.25) is 0 Å². The van der Waals surface area contributed by atoms with Crippen LogP contribution >= 0.6 is 0 Å². The van der Waals surface area contributed by atoms with Crippen molar-refractivity contribution in [1.82, 2.24) is 4.90 Å². The molecule has 0 aromatic heterocycles. The molecule has 1 saturated heterocycles. The molecule has 6 nitrogen and oxygen atoms in total. The Balaban J connectivity index is 1.84. The zero-order chi connectivity index (χ0) is 19.4. The molecule has 2 aromatic rings. The summed E-state index contributed by atoms with van der Waals surface area (Å²) in [6.07, 6.45) is 0. The van der Waals surface area contributed by atoms with Crippen molar-refractivity contribution in [1.29, 1.82) is 0 Å². The smallest absolute Gasteiger partial charge is 0.261 e. The molecule has 0 bridgehead atoms. The fraction of sp³-hybridized carbons (Fsp3) is 0.400. The monoisotopic (exact) mass is 389 g/mol. The first-order chi connectivity index (χ1) is 12.9. The number of rotatable bonds is 6. The van der Waals surface area contributed by atoms with Crippen LogP contribution in [0.5, 0.6) is 0 Å². The summed E-state index contributed by atoms with van der Waals surface area (Å²) in [5.41, 5.74) is 3.52. The van der Waals surface area contributed by atoms with Gasteiger partial charge in [-0.1, -0.05) is 18.2 Å². The lowest BCUT2D eigenvalue weighted by Gasteiger charge is -2.35. The van der Waals surface area contributed by atoms with Gasteiger partial charge in [0.15, 0.2) is 0 Å². The van der Waals surface area contributed by atoms with E-state index in [-0.39, 0.29) is 4.90 Å². The average molecular weight is 390 g/mol. The second kappa shape index (κ2) is 8.29. The molecule has 0 unspecified atom stereocenters. The van der Waals surface area contributed by atoms with Crippen molar-refractivity contribution < 1.29 is 13.2 Å². The van der Waals surface area contributed by atoms with Crippen molar-refractivity contribution in [3.8, 4) is 0 Å². The number of benzene rings is 2. The van der Waals surface area contributed by atoms with Crippen LogP contribution in [-0.2, 0) is 21.4 Å². The minimum absolute atomic E-state index is 0.277. The fourth-order valence-electron chi connectivity index (χ4n) is 3.25. The van der Waals surface area contributed by atoms with Crippen molar-refractivity contribution in [3.63, 3.8) is 0 Å². The minimum Gasteiger partial charge on any atom is -0.380 e. The number of hydrogen-bond donors (Lipinski definition) is 1. The molecule has 1 aliphatic rings. The normalized spacial score (nSPS) is 15.7. The number of nitrogens with one attached hydrogen (secondary N) is 1. The summed E-state index contributed by atoms with van der Waals surface area (Å²) < 4.78 is 33.6. The van der Waals surface area contributed by atoms with Crippen LogP contribution in [0.4, 0.5) is 11.4 Å². The third-order valence-electron chi connectivity index (χ3n) is 4.83. The summed E-state index contributed by atoms with van der Waals surface area (Å²) in [5, 5.41) is 0. The maximum absolute atomic E-state index is 12.9. The minimum atomic E-state index is -3.66. The Kier molecular flexibility index (Phi) is 6.04. The maximum atomic E-state index is 12.9. The topological polar surface area (TPSA) is 61.9 Å². The van der Waals surface area contributed by atoms with E-state index in [1.54, 1.807) is 31.4 Å². The number of hydrogen-bond acceptors (Lipinski definition) is 5. The standard InChI is InChI=1S/C20H27N3O3S/c1-16-7-8-19(14-20(16)23-11-9-22(2)10-12-23)27(24,25)21-18-6-4-5-17(13-18)15-26-3/h4-8,13-14,21H,9-12,15H2,1-3H3. The Bertz CT molecular complexity index is 891. The van der Waals surface area contributed by atoms with Crippen LogP contribution in [0.1, 0.15) is 11.1 Å². The van der Waals surface area contributed by atoms with E-state index >= 15 is 0 Å². The summed E-state index contributed by atoms with van der Waals surface area (Å²) in [6.45, 7) is 6.20. The number of piperazine rings is 1.